The highest BCUT2D eigenvalue weighted by molar-refractivity contribution is 9.09. The normalized spacial score (nSPS) is 12.5. The van der Waals surface area contributed by atoms with Gasteiger partial charge in [-0.25, -0.2) is 0 Å². The second-order valence-electron chi connectivity index (χ2n) is 4.29. The lowest BCUT2D eigenvalue weighted by Crippen LogP contribution is -2.29. The first-order valence-electron chi connectivity index (χ1n) is 5.99. The summed E-state index contributed by atoms with van der Waals surface area (Å²) >= 11 is 3.43. The van der Waals surface area contributed by atoms with E-state index in [0.29, 0.717) is 17.2 Å². The molecule has 96 valence electrons. The van der Waals surface area contributed by atoms with Gasteiger partial charge in [0.15, 0.2) is 0 Å². The van der Waals surface area contributed by atoms with E-state index in [1.807, 2.05) is 13.8 Å². The summed E-state index contributed by atoms with van der Waals surface area (Å²) in [5, 5.41) is 3.95. The summed E-state index contributed by atoms with van der Waals surface area (Å²) in [6.07, 6.45) is 2.16. The molecule has 0 radical (unpaired) electrons. The summed E-state index contributed by atoms with van der Waals surface area (Å²) in [6, 6.07) is 1.79. The van der Waals surface area contributed by atoms with Crippen LogP contribution in [0.4, 0.5) is 0 Å². The van der Waals surface area contributed by atoms with E-state index in [2.05, 4.69) is 28.2 Å². The molecule has 0 fully saturated rings. The summed E-state index contributed by atoms with van der Waals surface area (Å²) in [6.45, 7) is 6.54. The summed E-state index contributed by atoms with van der Waals surface area (Å²) in [7, 11) is 0. The summed E-state index contributed by atoms with van der Waals surface area (Å²) in [5.74, 6) is 1.97. The summed E-state index contributed by atoms with van der Waals surface area (Å²) < 4.78 is 5.35. The zero-order valence-electron chi connectivity index (χ0n) is 10.7. The molecule has 1 amide bonds. The monoisotopic (exact) mass is 301 g/mol. The van der Waals surface area contributed by atoms with Crippen LogP contribution in [0.15, 0.2) is 10.5 Å². The number of nitrogens with one attached hydrogen (secondary N) is 1. The molecular weight excluding hydrogens is 282 g/mol. The van der Waals surface area contributed by atoms with Gasteiger partial charge in [-0.3, -0.25) is 4.79 Å². The number of aryl methyl sites for hydroxylation is 2. The van der Waals surface area contributed by atoms with E-state index in [-0.39, 0.29) is 5.91 Å². The lowest BCUT2D eigenvalue weighted by Gasteiger charge is -2.13. The van der Waals surface area contributed by atoms with E-state index in [4.69, 9.17) is 4.42 Å². The Hall–Kier alpha value is -0.770. The van der Waals surface area contributed by atoms with Crippen molar-refractivity contribution in [3.8, 4) is 0 Å². The Bertz CT molecular complexity index is 373. The average molecular weight is 302 g/mol. The zero-order valence-corrected chi connectivity index (χ0v) is 12.3. The number of furan rings is 1. The Morgan fingerprint density at radius 3 is 2.71 bits per heavy atom. The molecule has 0 aliphatic heterocycles. The van der Waals surface area contributed by atoms with Crippen molar-refractivity contribution in [1.29, 1.82) is 0 Å². The molecule has 1 atom stereocenters. The molecule has 0 saturated heterocycles. The summed E-state index contributed by atoms with van der Waals surface area (Å²) in [4.78, 5) is 11.9. The molecule has 1 aromatic heterocycles. The maximum atomic E-state index is 11.9. The van der Waals surface area contributed by atoms with Gasteiger partial charge >= 0.3 is 0 Å². The van der Waals surface area contributed by atoms with Crippen molar-refractivity contribution in [1.82, 2.24) is 5.32 Å². The molecule has 0 bridgehead atoms. The first kappa shape index (κ1) is 14.3. The fourth-order valence-corrected chi connectivity index (χ4v) is 2.44. The van der Waals surface area contributed by atoms with E-state index >= 15 is 0 Å². The molecule has 17 heavy (non-hydrogen) atoms. The van der Waals surface area contributed by atoms with Gasteiger partial charge in [0, 0.05) is 11.9 Å². The standard InChI is InChI=1S/C13H20BrNO2/c1-4-11(5-6-14)8-15-13(16)12-7-9(2)17-10(12)3/h7,11H,4-6,8H2,1-3H3,(H,15,16). The Labute approximate surface area is 111 Å². The molecule has 0 spiro atoms. The predicted octanol–water partition coefficient (Wildman–Crippen LogP) is 3.44. The number of carbonyl (C=O) groups is 1. The Morgan fingerprint density at radius 2 is 2.24 bits per heavy atom. The maximum absolute atomic E-state index is 11.9. The first-order valence-corrected chi connectivity index (χ1v) is 7.11. The molecule has 1 rings (SSSR count). The van der Waals surface area contributed by atoms with Crippen LogP contribution in [-0.2, 0) is 0 Å². The van der Waals surface area contributed by atoms with Crippen LogP contribution in [0, 0.1) is 19.8 Å². The highest BCUT2D eigenvalue weighted by atomic mass is 79.9. The van der Waals surface area contributed by atoms with Gasteiger partial charge in [0.05, 0.1) is 5.56 Å². The van der Waals surface area contributed by atoms with Gasteiger partial charge in [0.2, 0.25) is 0 Å². The molecule has 1 aromatic rings. The van der Waals surface area contributed by atoms with E-state index in [1.54, 1.807) is 6.07 Å². The van der Waals surface area contributed by atoms with Gasteiger partial charge in [-0.2, -0.15) is 0 Å². The van der Waals surface area contributed by atoms with Crippen LogP contribution < -0.4 is 5.32 Å². The molecule has 0 aliphatic rings. The van der Waals surface area contributed by atoms with Crippen LogP contribution in [0.5, 0.6) is 0 Å². The van der Waals surface area contributed by atoms with Gasteiger partial charge in [0.25, 0.3) is 5.91 Å². The van der Waals surface area contributed by atoms with Crippen LogP contribution in [-0.4, -0.2) is 17.8 Å². The molecular formula is C13H20BrNO2. The van der Waals surface area contributed by atoms with E-state index in [9.17, 15) is 4.79 Å². The SMILES string of the molecule is CCC(CCBr)CNC(=O)c1cc(C)oc1C. The van der Waals surface area contributed by atoms with E-state index in [0.717, 1.165) is 30.5 Å². The third-order valence-corrected chi connectivity index (χ3v) is 3.39. The molecule has 1 unspecified atom stereocenters. The van der Waals surface area contributed by atoms with E-state index < -0.39 is 0 Å². The second kappa shape index (κ2) is 6.84. The topological polar surface area (TPSA) is 42.2 Å². The van der Waals surface area contributed by atoms with Crippen molar-refractivity contribution < 1.29 is 9.21 Å². The third kappa shape index (κ3) is 4.19. The molecule has 0 saturated carbocycles. The average Bonchev–Trinajstić information content (AvgIpc) is 2.63. The molecule has 0 aromatic carbocycles. The Kier molecular flexibility index (Phi) is 5.75. The predicted molar refractivity (Wildman–Crippen MR) is 72.7 cm³/mol. The molecule has 1 heterocycles. The number of hydrogen-bond donors (Lipinski definition) is 1. The van der Waals surface area contributed by atoms with Gasteiger partial charge in [-0.15, -0.1) is 0 Å². The molecule has 1 N–H and O–H groups in total. The molecule has 4 heteroatoms. The van der Waals surface area contributed by atoms with Crippen molar-refractivity contribution in [2.75, 3.05) is 11.9 Å². The van der Waals surface area contributed by atoms with Crippen LogP contribution in [0.3, 0.4) is 0 Å². The minimum atomic E-state index is -0.0348. The highest BCUT2D eigenvalue weighted by Gasteiger charge is 2.14. The van der Waals surface area contributed by atoms with Crippen LogP contribution in [0.25, 0.3) is 0 Å². The minimum absolute atomic E-state index is 0.0348. The van der Waals surface area contributed by atoms with Crippen molar-refractivity contribution in [2.45, 2.75) is 33.6 Å². The number of carbonyl (C=O) groups excluding carboxylic acids is 1. The van der Waals surface area contributed by atoms with Crippen molar-refractivity contribution in [2.24, 2.45) is 5.92 Å². The second-order valence-corrected chi connectivity index (χ2v) is 5.08. The lowest BCUT2D eigenvalue weighted by atomic mass is 10.0. The van der Waals surface area contributed by atoms with E-state index in [1.165, 1.54) is 0 Å². The molecule has 0 aliphatic carbocycles. The largest absolute Gasteiger partial charge is 0.466 e. The third-order valence-electron chi connectivity index (χ3n) is 2.93. The molecule has 3 nitrogen and oxygen atoms in total. The fourth-order valence-electron chi connectivity index (χ4n) is 1.79. The number of hydrogen-bond acceptors (Lipinski definition) is 2. The number of rotatable bonds is 6. The Balaban J connectivity index is 2.52. The zero-order chi connectivity index (χ0) is 12.8. The van der Waals surface area contributed by atoms with Crippen LogP contribution in [0.2, 0.25) is 0 Å². The van der Waals surface area contributed by atoms with Gasteiger partial charge < -0.3 is 9.73 Å². The van der Waals surface area contributed by atoms with Gasteiger partial charge in [0.1, 0.15) is 11.5 Å². The Morgan fingerprint density at radius 1 is 1.53 bits per heavy atom. The number of alkyl halides is 1. The fraction of sp³-hybridized carbons (Fsp3) is 0.615. The number of amides is 1. The van der Waals surface area contributed by atoms with Crippen LogP contribution in [0.1, 0.15) is 41.6 Å². The smallest absolute Gasteiger partial charge is 0.254 e. The van der Waals surface area contributed by atoms with Crippen molar-refractivity contribution >= 4 is 21.8 Å². The minimum Gasteiger partial charge on any atom is -0.466 e. The van der Waals surface area contributed by atoms with Gasteiger partial charge in [-0.05, 0) is 32.3 Å². The first-order chi connectivity index (χ1) is 8.08. The quantitative estimate of drug-likeness (QED) is 0.818. The van der Waals surface area contributed by atoms with Crippen molar-refractivity contribution in [3.05, 3.63) is 23.2 Å². The van der Waals surface area contributed by atoms with Crippen molar-refractivity contribution in [3.63, 3.8) is 0 Å². The highest BCUT2D eigenvalue weighted by Crippen LogP contribution is 2.14. The summed E-state index contributed by atoms with van der Waals surface area (Å²) in [5.41, 5.74) is 0.649. The number of halogens is 1. The van der Waals surface area contributed by atoms with Crippen LogP contribution >= 0.6 is 15.9 Å². The maximum Gasteiger partial charge on any atom is 0.254 e. The van der Waals surface area contributed by atoms with Gasteiger partial charge in [-0.1, -0.05) is 29.3 Å². The lowest BCUT2D eigenvalue weighted by molar-refractivity contribution is 0.0945.